The number of thioether (sulfide) groups is 1. The third-order valence-electron chi connectivity index (χ3n) is 3.48. The van der Waals surface area contributed by atoms with E-state index in [-0.39, 0.29) is 6.04 Å². The number of hydrogen-bond acceptors (Lipinski definition) is 2. The van der Waals surface area contributed by atoms with E-state index in [1.54, 1.807) is 0 Å². The maximum atomic E-state index is 6.21. The van der Waals surface area contributed by atoms with E-state index in [0.29, 0.717) is 0 Å². The van der Waals surface area contributed by atoms with Crippen LogP contribution in [0.1, 0.15) is 31.4 Å². The normalized spacial score (nSPS) is 18.8. The molecule has 1 nitrogen and oxygen atoms in total. The highest BCUT2D eigenvalue weighted by molar-refractivity contribution is 7.99. The summed E-state index contributed by atoms with van der Waals surface area (Å²) in [6.07, 6.45) is 2.65. The minimum Gasteiger partial charge on any atom is -0.310 e. The molecule has 0 saturated carbocycles. The van der Waals surface area contributed by atoms with Gasteiger partial charge < -0.3 is 5.32 Å². The van der Waals surface area contributed by atoms with Crippen LogP contribution in [0.2, 0.25) is 10.0 Å². The molecule has 0 aliphatic carbocycles. The van der Waals surface area contributed by atoms with Crippen molar-refractivity contribution in [1.29, 1.82) is 0 Å². The predicted octanol–water partition coefficient (Wildman–Crippen LogP) is 4.79. The third-order valence-corrected chi connectivity index (χ3v) is 5.11. The number of benzene rings is 1. The molecule has 1 aliphatic rings. The van der Waals surface area contributed by atoms with Crippen molar-refractivity contribution in [2.24, 2.45) is 5.92 Å². The van der Waals surface area contributed by atoms with Crippen molar-refractivity contribution >= 4 is 35.0 Å². The predicted molar refractivity (Wildman–Crippen MR) is 82.9 cm³/mol. The Morgan fingerprint density at radius 2 is 2.06 bits per heavy atom. The average molecular weight is 304 g/mol. The molecule has 0 aromatic heterocycles. The first-order chi connectivity index (χ1) is 8.66. The summed E-state index contributed by atoms with van der Waals surface area (Å²) in [5.41, 5.74) is 1.09. The molecule has 1 atom stereocenters. The Morgan fingerprint density at radius 1 is 1.33 bits per heavy atom. The van der Waals surface area contributed by atoms with E-state index in [2.05, 4.69) is 24.0 Å². The zero-order valence-corrected chi connectivity index (χ0v) is 12.9. The molecule has 1 saturated heterocycles. The van der Waals surface area contributed by atoms with Gasteiger partial charge in [0, 0.05) is 16.1 Å². The van der Waals surface area contributed by atoms with E-state index in [4.69, 9.17) is 23.2 Å². The van der Waals surface area contributed by atoms with Crippen LogP contribution in [-0.4, -0.2) is 18.1 Å². The molecular formula is C14H19Cl2NS. The molecule has 1 fully saturated rings. The van der Waals surface area contributed by atoms with E-state index in [0.717, 1.165) is 28.1 Å². The zero-order valence-electron chi connectivity index (χ0n) is 10.6. The SMILES string of the molecule is CC(NCC1CCSCC1)c1cc(Cl)ccc1Cl. The van der Waals surface area contributed by atoms with Crippen molar-refractivity contribution in [2.75, 3.05) is 18.1 Å². The maximum absolute atomic E-state index is 6.21. The fourth-order valence-electron chi connectivity index (χ4n) is 2.25. The molecular weight excluding hydrogens is 285 g/mol. The molecule has 100 valence electrons. The summed E-state index contributed by atoms with van der Waals surface area (Å²) >= 11 is 14.3. The molecule has 2 rings (SSSR count). The summed E-state index contributed by atoms with van der Waals surface area (Å²) in [7, 11) is 0. The number of halogens is 2. The van der Waals surface area contributed by atoms with Crippen molar-refractivity contribution in [1.82, 2.24) is 5.32 Å². The first-order valence-corrected chi connectivity index (χ1v) is 8.34. The van der Waals surface area contributed by atoms with E-state index >= 15 is 0 Å². The Kier molecular flexibility index (Phi) is 5.68. The largest absolute Gasteiger partial charge is 0.310 e. The Hall–Kier alpha value is 0.110. The van der Waals surface area contributed by atoms with Gasteiger partial charge in [0.15, 0.2) is 0 Å². The van der Waals surface area contributed by atoms with E-state index in [9.17, 15) is 0 Å². The Balaban J connectivity index is 1.90. The lowest BCUT2D eigenvalue weighted by Gasteiger charge is -2.24. The molecule has 0 amide bonds. The molecule has 1 aliphatic heterocycles. The molecule has 0 bridgehead atoms. The fourth-order valence-corrected chi connectivity index (χ4v) is 3.92. The lowest BCUT2D eigenvalue weighted by molar-refractivity contribution is 0.421. The zero-order chi connectivity index (χ0) is 13.0. The Morgan fingerprint density at radius 3 is 2.78 bits per heavy atom. The molecule has 1 unspecified atom stereocenters. The quantitative estimate of drug-likeness (QED) is 0.858. The smallest absolute Gasteiger partial charge is 0.0454 e. The lowest BCUT2D eigenvalue weighted by Crippen LogP contribution is -2.28. The van der Waals surface area contributed by atoms with Gasteiger partial charge in [-0.05, 0) is 67.5 Å². The number of nitrogens with one attached hydrogen (secondary N) is 1. The second-order valence-corrected chi connectivity index (χ2v) is 6.92. The van der Waals surface area contributed by atoms with Crippen molar-refractivity contribution in [2.45, 2.75) is 25.8 Å². The monoisotopic (exact) mass is 303 g/mol. The Bertz CT molecular complexity index is 391. The molecule has 1 N–H and O–H groups in total. The van der Waals surface area contributed by atoms with Crippen molar-refractivity contribution < 1.29 is 0 Å². The van der Waals surface area contributed by atoms with Crippen molar-refractivity contribution in [3.05, 3.63) is 33.8 Å². The lowest BCUT2D eigenvalue weighted by atomic mass is 10.0. The van der Waals surface area contributed by atoms with Crippen LogP contribution in [0.15, 0.2) is 18.2 Å². The number of hydrogen-bond donors (Lipinski definition) is 1. The fraction of sp³-hybridized carbons (Fsp3) is 0.571. The topological polar surface area (TPSA) is 12.0 Å². The summed E-state index contributed by atoms with van der Waals surface area (Å²) in [4.78, 5) is 0. The van der Waals surface area contributed by atoms with Gasteiger partial charge in [-0.25, -0.2) is 0 Å². The summed E-state index contributed by atoms with van der Waals surface area (Å²) < 4.78 is 0. The Labute approximate surface area is 124 Å². The van der Waals surface area contributed by atoms with Gasteiger partial charge in [-0.15, -0.1) is 0 Å². The van der Waals surface area contributed by atoms with Gasteiger partial charge in [-0.2, -0.15) is 11.8 Å². The van der Waals surface area contributed by atoms with Gasteiger partial charge in [0.1, 0.15) is 0 Å². The van der Waals surface area contributed by atoms with E-state index in [1.807, 2.05) is 18.2 Å². The second kappa shape index (κ2) is 7.04. The first-order valence-electron chi connectivity index (χ1n) is 6.43. The summed E-state index contributed by atoms with van der Waals surface area (Å²) in [6, 6.07) is 5.91. The molecule has 0 radical (unpaired) electrons. The minimum atomic E-state index is 0.255. The highest BCUT2D eigenvalue weighted by Gasteiger charge is 2.16. The van der Waals surface area contributed by atoms with Gasteiger partial charge >= 0.3 is 0 Å². The van der Waals surface area contributed by atoms with Crippen molar-refractivity contribution in [3.63, 3.8) is 0 Å². The maximum Gasteiger partial charge on any atom is 0.0454 e. The molecule has 4 heteroatoms. The molecule has 1 aromatic carbocycles. The summed E-state index contributed by atoms with van der Waals surface area (Å²) in [5.74, 6) is 3.42. The van der Waals surface area contributed by atoms with Crippen LogP contribution in [0.5, 0.6) is 0 Å². The first kappa shape index (κ1) is 14.5. The van der Waals surface area contributed by atoms with Gasteiger partial charge in [0.2, 0.25) is 0 Å². The van der Waals surface area contributed by atoms with Gasteiger partial charge in [-0.3, -0.25) is 0 Å². The summed E-state index contributed by atoms with van der Waals surface area (Å²) in [6.45, 7) is 3.22. The van der Waals surface area contributed by atoms with Gasteiger partial charge in [0.05, 0.1) is 0 Å². The van der Waals surface area contributed by atoms with Crippen LogP contribution >= 0.6 is 35.0 Å². The van der Waals surface area contributed by atoms with E-state index < -0.39 is 0 Å². The highest BCUT2D eigenvalue weighted by atomic mass is 35.5. The van der Waals surface area contributed by atoms with Crippen LogP contribution in [0.4, 0.5) is 0 Å². The third kappa shape index (κ3) is 4.06. The van der Waals surface area contributed by atoms with E-state index in [1.165, 1.54) is 24.3 Å². The minimum absolute atomic E-state index is 0.255. The standard InChI is InChI=1S/C14H19Cl2NS/c1-10(13-8-12(15)2-3-14(13)16)17-9-11-4-6-18-7-5-11/h2-3,8,10-11,17H,4-7,9H2,1H3. The van der Waals surface area contributed by atoms with Gasteiger partial charge in [0.25, 0.3) is 0 Å². The molecule has 1 heterocycles. The van der Waals surface area contributed by atoms with Crippen LogP contribution in [-0.2, 0) is 0 Å². The average Bonchev–Trinajstić information content (AvgIpc) is 2.40. The van der Waals surface area contributed by atoms with Crippen LogP contribution in [0.25, 0.3) is 0 Å². The molecule has 0 spiro atoms. The van der Waals surface area contributed by atoms with Gasteiger partial charge in [-0.1, -0.05) is 23.2 Å². The molecule has 18 heavy (non-hydrogen) atoms. The van der Waals surface area contributed by atoms with Crippen LogP contribution < -0.4 is 5.32 Å². The number of rotatable bonds is 4. The molecule has 1 aromatic rings. The summed E-state index contributed by atoms with van der Waals surface area (Å²) in [5, 5.41) is 5.12. The van der Waals surface area contributed by atoms with Crippen LogP contribution in [0.3, 0.4) is 0 Å². The highest BCUT2D eigenvalue weighted by Crippen LogP contribution is 2.27. The second-order valence-electron chi connectivity index (χ2n) is 4.85. The van der Waals surface area contributed by atoms with Crippen LogP contribution in [0, 0.1) is 5.92 Å². The van der Waals surface area contributed by atoms with Crippen molar-refractivity contribution in [3.8, 4) is 0 Å².